The van der Waals surface area contributed by atoms with Crippen molar-refractivity contribution in [3.05, 3.63) is 75.9 Å². The summed E-state index contributed by atoms with van der Waals surface area (Å²) < 4.78 is 6.81. The molecule has 1 heterocycles. The molecule has 3 nitrogen and oxygen atoms in total. The van der Waals surface area contributed by atoms with E-state index in [9.17, 15) is 4.79 Å². The minimum Gasteiger partial charge on any atom is -0.459 e. The molecule has 0 saturated carbocycles. The molecule has 2 aromatic carbocycles. The lowest BCUT2D eigenvalue weighted by molar-refractivity contribution is -0.118. The molecule has 1 amide bonds. The number of rotatable bonds is 6. The first-order chi connectivity index (χ1) is 12.1. The van der Waals surface area contributed by atoms with E-state index in [0.717, 1.165) is 26.5 Å². The average molecular weight is 437 g/mol. The fraction of sp³-hybridized carbons (Fsp3) is 0.105. The van der Waals surface area contributed by atoms with Crippen molar-refractivity contribution in [1.82, 2.24) is 5.32 Å². The van der Waals surface area contributed by atoms with Gasteiger partial charge in [0.05, 0.1) is 12.3 Å². The van der Waals surface area contributed by atoms with Crippen molar-refractivity contribution in [2.75, 3.05) is 5.75 Å². The topological polar surface area (TPSA) is 42.2 Å². The van der Waals surface area contributed by atoms with E-state index in [-0.39, 0.29) is 5.91 Å². The van der Waals surface area contributed by atoms with Gasteiger partial charge in [0.2, 0.25) is 5.91 Å². The highest BCUT2D eigenvalue weighted by Crippen LogP contribution is 2.24. The minimum atomic E-state index is -0.0402. The van der Waals surface area contributed by atoms with Gasteiger partial charge in [0.1, 0.15) is 11.5 Å². The number of benzene rings is 2. The lowest BCUT2D eigenvalue weighted by Gasteiger charge is -2.04. The molecule has 1 aromatic heterocycles. The maximum atomic E-state index is 12.0. The summed E-state index contributed by atoms with van der Waals surface area (Å²) in [5.74, 6) is 1.82. The minimum absolute atomic E-state index is 0.0402. The molecule has 1 N–H and O–H groups in total. The normalized spacial score (nSPS) is 10.6. The second-order valence-corrected chi connectivity index (χ2v) is 7.69. The summed E-state index contributed by atoms with van der Waals surface area (Å²) in [6.07, 6.45) is 0. The van der Waals surface area contributed by atoms with Crippen molar-refractivity contribution in [3.63, 3.8) is 0 Å². The van der Waals surface area contributed by atoms with Crippen molar-refractivity contribution in [3.8, 4) is 11.3 Å². The standard InChI is InChI=1S/C19H15BrClNO2S/c20-14-3-1-13(2-4-14)18-10-7-16(24-18)11-22-19(23)12-25-17-8-5-15(21)6-9-17/h1-10H,11-12H2,(H,22,23). The van der Waals surface area contributed by atoms with Gasteiger partial charge < -0.3 is 9.73 Å². The van der Waals surface area contributed by atoms with Gasteiger partial charge in [-0.1, -0.05) is 39.7 Å². The second kappa shape index (κ2) is 8.61. The van der Waals surface area contributed by atoms with Gasteiger partial charge in [-0.3, -0.25) is 4.79 Å². The van der Waals surface area contributed by atoms with E-state index >= 15 is 0 Å². The number of thioether (sulfide) groups is 1. The average Bonchev–Trinajstić information content (AvgIpc) is 3.09. The van der Waals surface area contributed by atoms with Gasteiger partial charge in [0.25, 0.3) is 0 Å². The summed E-state index contributed by atoms with van der Waals surface area (Å²) in [6, 6.07) is 19.1. The Kier molecular flexibility index (Phi) is 6.24. The van der Waals surface area contributed by atoms with Crippen molar-refractivity contribution in [2.24, 2.45) is 0 Å². The zero-order chi connectivity index (χ0) is 17.6. The summed E-state index contributed by atoms with van der Waals surface area (Å²) in [4.78, 5) is 13.0. The van der Waals surface area contributed by atoms with E-state index in [1.807, 2.05) is 60.7 Å². The Morgan fingerprint density at radius 2 is 1.76 bits per heavy atom. The molecule has 6 heteroatoms. The number of hydrogen-bond acceptors (Lipinski definition) is 3. The second-order valence-electron chi connectivity index (χ2n) is 5.29. The van der Waals surface area contributed by atoms with Gasteiger partial charge in [0, 0.05) is 20.0 Å². The molecule has 25 heavy (non-hydrogen) atoms. The third-order valence-corrected chi connectivity index (χ3v) is 5.23. The molecule has 0 atom stereocenters. The number of furan rings is 1. The Labute approximate surface area is 163 Å². The third-order valence-electron chi connectivity index (χ3n) is 3.43. The molecule has 128 valence electrons. The van der Waals surface area contributed by atoms with E-state index in [2.05, 4.69) is 21.2 Å². The molecule has 0 radical (unpaired) electrons. The number of carbonyl (C=O) groups excluding carboxylic acids is 1. The summed E-state index contributed by atoms with van der Waals surface area (Å²) in [5, 5.41) is 3.56. The molecule has 0 unspecified atom stereocenters. The number of hydrogen-bond donors (Lipinski definition) is 1. The van der Waals surface area contributed by atoms with E-state index in [0.29, 0.717) is 17.3 Å². The van der Waals surface area contributed by atoms with Crippen LogP contribution in [0, 0.1) is 0 Å². The van der Waals surface area contributed by atoms with Crippen LogP contribution in [-0.2, 0) is 11.3 Å². The van der Waals surface area contributed by atoms with Crippen molar-refractivity contribution in [1.29, 1.82) is 0 Å². The fourth-order valence-electron chi connectivity index (χ4n) is 2.16. The zero-order valence-corrected chi connectivity index (χ0v) is 16.3. The van der Waals surface area contributed by atoms with E-state index < -0.39 is 0 Å². The molecule has 0 fully saturated rings. The van der Waals surface area contributed by atoms with Crippen molar-refractivity contribution in [2.45, 2.75) is 11.4 Å². The predicted molar refractivity (Wildman–Crippen MR) is 106 cm³/mol. The monoisotopic (exact) mass is 435 g/mol. The summed E-state index contributed by atoms with van der Waals surface area (Å²) in [7, 11) is 0. The van der Waals surface area contributed by atoms with E-state index in [1.54, 1.807) is 0 Å². The lowest BCUT2D eigenvalue weighted by atomic mass is 10.2. The molecular weight excluding hydrogens is 422 g/mol. The van der Waals surface area contributed by atoms with Gasteiger partial charge in [-0.2, -0.15) is 0 Å². The van der Waals surface area contributed by atoms with Crippen LogP contribution in [-0.4, -0.2) is 11.7 Å². The quantitative estimate of drug-likeness (QED) is 0.499. The highest BCUT2D eigenvalue weighted by Gasteiger charge is 2.07. The first-order valence-electron chi connectivity index (χ1n) is 7.60. The summed E-state index contributed by atoms with van der Waals surface area (Å²) in [6.45, 7) is 0.372. The molecular formula is C19H15BrClNO2S. The van der Waals surface area contributed by atoms with Crippen LogP contribution in [0.25, 0.3) is 11.3 Å². The molecule has 0 aliphatic carbocycles. The molecule has 0 bridgehead atoms. The molecule has 3 aromatic rings. The van der Waals surface area contributed by atoms with Crippen LogP contribution in [0.1, 0.15) is 5.76 Å². The Balaban J connectivity index is 1.49. The van der Waals surface area contributed by atoms with Gasteiger partial charge >= 0.3 is 0 Å². The van der Waals surface area contributed by atoms with Gasteiger partial charge in [-0.05, 0) is 48.5 Å². The predicted octanol–water partition coefficient (Wildman–Crippen LogP) is 5.77. The Morgan fingerprint density at radius 3 is 2.48 bits per heavy atom. The highest BCUT2D eigenvalue weighted by atomic mass is 79.9. The molecule has 3 rings (SSSR count). The van der Waals surface area contributed by atoms with Crippen LogP contribution in [0.15, 0.2) is 74.4 Å². The molecule has 0 aliphatic rings. The summed E-state index contributed by atoms with van der Waals surface area (Å²) in [5.41, 5.74) is 0.999. The van der Waals surface area contributed by atoms with E-state index in [1.165, 1.54) is 11.8 Å². The highest BCUT2D eigenvalue weighted by molar-refractivity contribution is 9.10. The van der Waals surface area contributed by atoms with Crippen LogP contribution >= 0.6 is 39.3 Å². The van der Waals surface area contributed by atoms with Gasteiger partial charge in [0.15, 0.2) is 0 Å². The first kappa shape index (κ1) is 18.1. The Morgan fingerprint density at radius 1 is 1.04 bits per heavy atom. The number of carbonyl (C=O) groups is 1. The van der Waals surface area contributed by atoms with Crippen LogP contribution in [0.4, 0.5) is 0 Å². The Hall–Kier alpha value is -1.69. The van der Waals surface area contributed by atoms with Crippen LogP contribution in [0.5, 0.6) is 0 Å². The maximum Gasteiger partial charge on any atom is 0.230 e. The first-order valence-corrected chi connectivity index (χ1v) is 9.75. The fourth-order valence-corrected chi connectivity index (χ4v) is 3.28. The zero-order valence-electron chi connectivity index (χ0n) is 13.2. The lowest BCUT2D eigenvalue weighted by Crippen LogP contribution is -2.24. The maximum absolute atomic E-state index is 12.0. The molecule has 0 aliphatic heterocycles. The SMILES string of the molecule is O=C(CSc1ccc(Cl)cc1)NCc1ccc(-c2ccc(Br)cc2)o1. The van der Waals surface area contributed by atoms with E-state index in [4.69, 9.17) is 16.0 Å². The van der Waals surface area contributed by atoms with Crippen molar-refractivity contribution >= 4 is 45.2 Å². The number of amides is 1. The van der Waals surface area contributed by atoms with Gasteiger partial charge in [-0.15, -0.1) is 11.8 Å². The smallest absolute Gasteiger partial charge is 0.230 e. The summed E-state index contributed by atoms with van der Waals surface area (Å²) >= 11 is 10.7. The Bertz CT molecular complexity index is 847. The third kappa shape index (κ3) is 5.39. The van der Waals surface area contributed by atoms with Crippen LogP contribution in [0.2, 0.25) is 5.02 Å². The van der Waals surface area contributed by atoms with Gasteiger partial charge in [-0.25, -0.2) is 0 Å². The molecule has 0 saturated heterocycles. The largest absolute Gasteiger partial charge is 0.459 e. The van der Waals surface area contributed by atoms with Crippen LogP contribution < -0.4 is 5.32 Å². The van der Waals surface area contributed by atoms with Crippen molar-refractivity contribution < 1.29 is 9.21 Å². The molecule has 0 spiro atoms. The number of halogens is 2. The number of nitrogens with one attached hydrogen (secondary N) is 1. The van der Waals surface area contributed by atoms with Crippen LogP contribution in [0.3, 0.4) is 0 Å².